The molecule has 0 radical (unpaired) electrons. The largest absolute Gasteiger partial charge is 0.494 e. The minimum Gasteiger partial charge on any atom is -0.494 e. The fourth-order valence-corrected chi connectivity index (χ4v) is 5.12. The van der Waals surface area contributed by atoms with Gasteiger partial charge in [-0.2, -0.15) is 0 Å². The van der Waals surface area contributed by atoms with Gasteiger partial charge in [-0.15, -0.1) is 0 Å². The number of carbonyl (C=O) groups is 1. The van der Waals surface area contributed by atoms with E-state index in [0.29, 0.717) is 22.9 Å². The summed E-state index contributed by atoms with van der Waals surface area (Å²) in [5, 5.41) is 3.25. The molecule has 0 saturated carbocycles. The highest BCUT2D eigenvalue weighted by molar-refractivity contribution is 7.92. The molecule has 0 aliphatic rings. The lowest BCUT2D eigenvalue weighted by Gasteiger charge is -2.26. The third-order valence-electron chi connectivity index (χ3n) is 5.56. The molecule has 0 fully saturated rings. The van der Waals surface area contributed by atoms with E-state index in [1.165, 1.54) is 0 Å². The quantitative estimate of drug-likeness (QED) is 0.336. The Morgan fingerprint density at radius 1 is 1.03 bits per heavy atom. The monoisotopic (exact) mass is 514 g/mol. The lowest BCUT2D eigenvalue weighted by Crippen LogP contribution is -2.41. The third kappa shape index (κ3) is 6.99. The molecule has 0 bridgehead atoms. The first-order valence-corrected chi connectivity index (χ1v) is 13.4. The van der Waals surface area contributed by atoms with E-state index in [2.05, 4.69) is 12.2 Å². The Morgan fingerprint density at radius 3 is 2.46 bits per heavy atom. The Hall–Kier alpha value is -3.03. The molecule has 0 aliphatic heterocycles. The minimum absolute atomic E-state index is 0.104. The van der Waals surface area contributed by atoms with Crippen LogP contribution in [0.4, 0.5) is 5.69 Å². The number of anilines is 1. The summed E-state index contributed by atoms with van der Waals surface area (Å²) < 4.78 is 34.0. The molecule has 1 amide bonds. The van der Waals surface area contributed by atoms with Crippen LogP contribution in [0.15, 0.2) is 71.6 Å². The van der Waals surface area contributed by atoms with Crippen LogP contribution >= 0.6 is 11.6 Å². The first kappa shape index (κ1) is 26.6. The van der Waals surface area contributed by atoms with Gasteiger partial charge in [-0.1, -0.05) is 60.8 Å². The molecule has 0 spiro atoms. The molecule has 8 heteroatoms. The van der Waals surface area contributed by atoms with Crippen molar-refractivity contribution in [3.8, 4) is 5.75 Å². The fourth-order valence-electron chi connectivity index (χ4n) is 3.47. The number of sulfonamides is 1. The molecule has 0 aliphatic carbocycles. The number of benzene rings is 3. The van der Waals surface area contributed by atoms with Gasteiger partial charge in [0.15, 0.2) is 0 Å². The molecule has 35 heavy (non-hydrogen) atoms. The number of unbranched alkanes of at least 4 members (excludes halogenated alkanes) is 1. The topological polar surface area (TPSA) is 75.7 Å². The van der Waals surface area contributed by atoms with E-state index >= 15 is 0 Å². The van der Waals surface area contributed by atoms with Gasteiger partial charge in [-0.05, 0) is 67.8 Å². The molecule has 0 saturated heterocycles. The van der Waals surface area contributed by atoms with Gasteiger partial charge in [0.1, 0.15) is 12.3 Å². The number of ether oxygens (including phenoxy) is 1. The van der Waals surface area contributed by atoms with Gasteiger partial charge in [0.2, 0.25) is 5.91 Å². The third-order valence-corrected chi connectivity index (χ3v) is 7.74. The van der Waals surface area contributed by atoms with E-state index < -0.39 is 15.9 Å². The highest BCUT2D eigenvalue weighted by Gasteiger charge is 2.28. The zero-order valence-corrected chi connectivity index (χ0v) is 21.8. The second-order valence-electron chi connectivity index (χ2n) is 8.33. The summed E-state index contributed by atoms with van der Waals surface area (Å²) in [7, 11) is -4.01. The highest BCUT2D eigenvalue weighted by Crippen LogP contribution is 2.31. The number of amides is 1. The number of rotatable bonds is 11. The standard InChI is InChI=1S/C27H31ClN2O4S/c1-4-5-16-34-23-9-6-8-22(17-23)18-29-27(31)19-30(26-11-7-10-25(28)21(26)3)35(32,33)24-14-12-20(2)13-15-24/h6-15,17H,4-5,16,18-19H2,1-3H3,(H,29,31). The maximum absolute atomic E-state index is 13.6. The van der Waals surface area contributed by atoms with Gasteiger partial charge in [0.25, 0.3) is 10.0 Å². The maximum Gasteiger partial charge on any atom is 0.264 e. The fraction of sp³-hybridized carbons (Fsp3) is 0.296. The van der Waals surface area contributed by atoms with Gasteiger partial charge in [-0.25, -0.2) is 8.42 Å². The van der Waals surface area contributed by atoms with Crippen LogP contribution < -0.4 is 14.4 Å². The summed E-state index contributed by atoms with van der Waals surface area (Å²) in [6, 6.07) is 19.0. The number of hydrogen-bond acceptors (Lipinski definition) is 4. The maximum atomic E-state index is 13.6. The molecule has 3 rings (SSSR count). The number of halogens is 1. The molecule has 0 aromatic heterocycles. The molecule has 0 atom stereocenters. The SMILES string of the molecule is CCCCOc1cccc(CNC(=O)CN(c2cccc(Cl)c2C)S(=O)(=O)c2ccc(C)cc2)c1. The molecule has 3 aromatic carbocycles. The van der Waals surface area contributed by atoms with Crippen LogP contribution in [-0.4, -0.2) is 27.5 Å². The Labute approximate surface area is 212 Å². The number of aryl methyl sites for hydroxylation is 1. The van der Waals surface area contributed by atoms with Gasteiger partial charge in [-0.3, -0.25) is 9.10 Å². The summed E-state index contributed by atoms with van der Waals surface area (Å²) in [6.07, 6.45) is 2.01. The lowest BCUT2D eigenvalue weighted by molar-refractivity contribution is -0.119. The van der Waals surface area contributed by atoms with Gasteiger partial charge in [0.05, 0.1) is 17.2 Å². The van der Waals surface area contributed by atoms with Gasteiger partial charge >= 0.3 is 0 Å². The van der Waals surface area contributed by atoms with Crippen molar-refractivity contribution >= 4 is 33.2 Å². The van der Waals surface area contributed by atoms with Crippen LogP contribution in [0.5, 0.6) is 5.75 Å². The van der Waals surface area contributed by atoms with Crippen molar-refractivity contribution in [2.45, 2.75) is 45.1 Å². The summed E-state index contributed by atoms with van der Waals surface area (Å²) in [5.41, 5.74) is 2.74. The summed E-state index contributed by atoms with van der Waals surface area (Å²) in [6.45, 7) is 6.21. The smallest absolute Gasteiger partial charge is 0.264 e. The number of nitrogens with zero attached hydrogens (tertiary/aromatic N) is 1. The summed E-state index contributed by atoms with van der Waals surface area (Å²) in [4.78, 5) is 13.0. The predicted octanol–water partition coefficient (Wildman–Crippen LogP) is 5.65. The van der Waals surface area contributed by atoms with E-state index in [0.717, 1.165) is 34.0 Å². The van der Waals surface area contributed by atoms with Crippen molar-refractivity contribution in [1.29, 1.82) is 0 Å². The van der Waals surface area contributed by atoms with E-state index in [9.17, 15) is 13.2 Å². The highest BCUT2D eigenvalue weighted by atomic mass is 35.5. The van der Waals surface area contributed by atoms with Crippen molar-refractivity contribution in [1.82, 2.24) is 5.32 Å². The average molecular weight is 515 g/mol. The molecular weight excluding hydrogens is 484 g/mol. The normalized spacial score (nSPS) is 11.2. The van der Waals surface area contributed by atoms with Crippen LogP contribution in [-0.2, 0) is 21.4 Å². The molecular formula is C27H31ClN2O4S. The van der Waals surface area contributed by atoms with Crippen molar-refractivity contribution in [3.05, 3.63) is 88.4 Å². The van der Waals surface area contributed by atoms with E-state index in [-0.39, 0.29) is 18.0 Å². The van der Waals surface area contributed by atoms with Crippen molar-refractivity contribution < 1.29 is 17.9 Å². The number of carbonyl (C=O) groups excluding carboxylic acids is 1. The Kier molecular flexibility index (Phi) is 9.18. The number of hydrogen-bond donors (Lipinski definition) is 1. The van der Waals surface area contributed by atoms with Crippen LogP contribution in [0.1, 0.15) is 36.5 Å². The van der Waals surface area contributed by atoms with Crippen LogP contribution in [0, 0.1) is 13.8 Å². The molecule has 0 heterocycles. The predicted molar refractivity (Wildman–Crippen MR) is 141 cm³/mol. The van der Waals surface area contributed by atoms with Crippen LogP contribution in [0.2, 0.25) is 5.02 Å². The Balaban J connectivity index is 1.80. The van der Waals surface area contributed by atoms with Crippen molar-refractivity contribution in [3.63, 3.8) is 0 Å². The zero-order valence-electron chi connectivity index (χ0n) is 20.3. The summed E-state index contributed by atoms with van der Waals surface area (Å²) >= 11 is 6.28. The van der Waals surface area contributed by atoms with Crippen LogP contribution in [0.25, 0.3) is 0 Å². The first-order chi connectivity index (χ1) is 16.7. The molecule has 0 unspecified atom stereocenters. The van der Waals surface area contributed by atoms with Gasteiger partial charge in [0, 0.05) is 11.6 Å². The minimum atomic E-state index is -4.01. The lowest BCUT2D eigenvalue weighted by atomic mass is 10.2. The molecule has 3 aromatic rings. The zero-order chi connectivity index (χ0) is 25.4. The van der Waals surface area contributed by atoms with Crippen molar-refractivity contribution in [2.24, 2.45) is 0 Å². The second kappa shape index (κ2) is 12.1. The summed E-state index contributed by atoms with van der Waals surface area (Å²) in [5.74, 6) is 0.306. The molecule has 1 N–H and O–H groups in total. The van der Waals surface area contributed by atoms with Crippen molar-refractivity contribution in [2.75, 3.05) is 17.5 Å². The number of nitrogens with one attached hydrogen (secondary N) is 1. The second-order valence-corrected chi connectivity index (χ2v) is 10.6. The van der Waals surface area contributed by atoms with E-state index in [1.807, 2.05) is 31.2 Å². The molecule has 186 valence electrons. The molecule has 6 nitrogen and oxygen atoms in total. The van der Waals surface area contributed by atoms with E-state index in [1.54, 1.807) is 49.4 Å². The van der Waals surface area contributed by atoms with E-state index in [4.69, 9.17) is 16.3 Å². The van der Waals surface area contributed by atoms with Crippen LogP contribution in [0.3, 0.4) is 0 Å². The first-order valence-electron chi connectivity index (χ1n) is 11.6. The Morgan fingerprint density at radius 2 is 1.74 bits per heavy atom. The Bertz CT molecular complexity index is 1260. The average Bonchev–Trinajstić information content (AvgIpc) is 2.84. The van der Waals surface area contributed by atoms with Gasteiger partial charge < -0.3 is 10.1 Å².